The van der Waals surface area contributed by atoms with Crippen LogP contribution in [0.1, 0.15) is 39.0 Å². The summed E-state index contributed by atoms with van der Waals surface area (Å²) in [5.41, 5.74) is 0. The lowest BCUT2D eigenvalue weighted by Gasteiger charge is -2.17. The van der Waals surface area contributed by atoms with Crippen LogP contribution in [-0.4, -0.2) is 32.0 Å². The summed E-state index contributed by atoms with van der Waals surface area (Å²) < 4.78 is 40.2. The molecule has 0 amide bonds. The third-order valence-electron chi connectivity index (χ3n) is 2.91. The van der Waals surface area contributed by atoms with Crippen molar-refractivity contribution in [1.29, 1.82) is 0 Å². The van der Waals surface area contributed by atoms with Crippen LogP contribution in [0.25, 0.3) is 0 Å². The predicted octanol–water partition coefficient (Wildman–Crippen LogP) is 3.12. The van der Waals surface area contributed by atoms with E-state index in [4.69, 9.17) is 0 Å². The van der Waals surface area contributed by atoms with Gasteiger partial charge in [-0.1, -0.05) is 13.3 Å². The Kier molecular flexibility index (Phi) is 6.27. The quantitative estimate of drug-likeness (QED) is 0.637. The summed E-state index contributed by atoms with van der Waals surface area (Å²) in [7, 11) is 0. The van der Waals surface area contributed by atoms with Crippen LogP contribution in [0.2, 0.25) is 0 Å². The van der Waals surface area contributed by atoms with Crippen molar-refractivity contribution in [2.24, 2.45) is 5.92 Å². The van der Waals surface area contributed by atoms with Crippen LogP contribution >= 0.6 is 0 Å². The first-order valence-electron chi connectivity index (χ1n) is 6.39. The van der Waals surface area contributed by atoms with Gasteiger partial charge < -0.3 is 10.1 Å². The Hall–Kier alpha value is -0.290. The highest BCUT2D eigenvalue weighted by molar-refractivity contribution is 4.81. The number of halogens is 3. The van der Waals surface area contributed by atoms with Crippen molar-refractivity contribution >= 4 is 0 Å². The van der Waals surface area contributed by atoms with Crippen LogP contribution in [0.3, 0.4) is 0 Å². The maximum Gasteiger partial charge on any atom is 0.411 e. The zero-order chi connectivity index (χ0) is 12.7. The van der Waals surface area contributed by atoms with Crippen LogP contribution in [0.5, 0.6) is 0 Å². The molecule has 1 saturated carbocycles. The zero-order valence-corrected chi connectivity index (χ0v) is 10.4. The summed E-state index contributed by atoms with van der Waals surface area (Å²) in [4.78, 5) is 0. The van der Waals surface area contributed by atoms with E-state index in [0.717, 1.165) is 19.4 Å². The summed E-state index contributed by atoms with van der Waals surface area (Å²) in [5.74, 6) is 0.439. The molecule has 102 valence electrons. The van der Waals surface area contributed by atoms with Crippen molar-refractivity contribution in [3.05, 3.63) is 0 Å². The second kappa shape index (κ2) is 7.21. The molecule has 1 unspecified atom stereocenters. The van der Waals surface area contributed by atoms with Crippen LogP contribution in [-0.2, 0) is 4.74 Å². The van der Waals surface area contributed by atoms with E-state index in [9.17, 15) is 13.2 Å². The standard InChI is InChI=1S/C12H22F3NO/c1-2-3-10(8-16-11-4-5-11)6-7-17-9-12(13,14)15/h10-11,16H,2-9H2,1H3. The van der Waals surface area contributed by atoms with Crippen molar-refractivity contribution in [3.63, 3.8) is 0 Å². The maximum atomic E-state index is 11.9. The largest absolute Gasteiger partial charge is 0.411 e. The molecule has 0 saturated heterocycles. The lowest BCUT2D eigenvalue weighted by Crippen LogP contribution is -2.26. The molecule has 0 radical (unpaired) electrons. The predicted molar refractivity (Wildman–Crippen MR) is 60.9 cm³/mol. The highest BCUT2D eigenvalue weighted by Crippen LogP contribution is 2.20. The molecule has 2 nitrogen and oxygen atoms in total. The Bertz CT molecular complexity index is 204. The minimum absolute atomic E-state index is 0.205. The van der Waals surface area contributed by atoms with E-state index in [1.54, 1.807) is 0 Å². The van der Waals surface area contributed by atoms with Crippen LogP contribution in [0, 0.1) is 5.92 Å². The molecule has 1 rings (SSSR count). The molecule has 1 aliphatic carbocycles. The van der Waals surface area contributed by atoms with Gasteiger partial charge in [0, 0.05) is 12.6 Å². The Labute approximate surface area is 101 Å². The van der Waals surface area contributed by atoms with Crippen molar-refractivity contribution in [1.82, 2.24) is 5.32 Å². The van der Waals surface area contributed by atoms with Gasteiger partial charge in [0.05, 0.1) is 0 Å². The van der Waals surface area contributed by atoms with Gasteiger partial charge in [0.15, 0.2) is 0 Å². The van der Waals surface area contributed by atoms with Gasteiger partial charge in [-0.05, 0) is 38.1 Å². The molecule has 0 aliphatic heterocycles. The lowest BCUT2D eigenvalue weighted by molar-refractivity contribution is -0.174. The Morgan fingerprint density at radius 1 is 1.29 bits per heavy atom. The SMILES string of the molecule is CCCC(CCOCC(F)(F)F)CNC1CC1. The van der Waals surface area contributed by atoms with E-state index in [2.05, 4.69) is 17.0 Å². The summed E-state index contributed by atoms with van der Waals surface area (Å²) in [6, 6.07) is 0.658. The van der Waals surface area contributed by atoms with Crippen LogP contribution in [0.15, 0.2) is 0 Å². The third kappa shape index (κ3) is 8.44. The molecule has 17 heavy (non-hydrogen) atoms. The maximum absolute atomic E-state index is 11.9. The molecule has 0 aromatic heterocycles. The van der Waals surface area contributed by atoms with Crippen molar-refractivity contribution in [2.75, 3.05) is 19.8 Å². The molecular formula is C12H22F3NO. The molecule has 0 spiro atoms. The van der Waals surface area contributed by atoms with Gasteiger partial charge in [0.25, 0.3) is 0 Å². The minimum atomic E-state index is -4.20. The molecule has 1 N–H and O–H groups in total. The van der Waals surface area contributed by atoms with E-state index < -0.39 is 12.8 Å². The molecule has 1 fully saturated rings. The van der Waals surface area contributed by atoms with E-state index in [0.29, 0.717) is 18.4 Å². The van der Waals surface area contributed by atoms with Gasteiger partial charge in [-0.3, -0.25) is 0 Å². The molecule has 5 heteroatoms. The first kappa shape index (κ1) is 14.8. The van der Waals surface area contributed by atoms with Gasteiger partial charge in [-0.25, -0.2) is 0 Å². The van der Waals surface area contributed by atoms with E-state index >= 15 is 0 Å². The second-order valence-electron chi connectivity index (χ2n) is 4.79. The Morgan fingerprint density at radius 2 is 2.00 bits per heavy atom. The number of ether oxygens (including phenoxy) is 1. The second-order valence-corrected chi connectivity index (χ2v) is 4.79. The van der Waals surface area contributed by atoms with Gasteiger partial charge >= 0.3 is 6.18 Å². The molecule has 0 aromatic rings. The van der Waals surface area contributed by atoms with E-state index in [-0.39, 0.29) is 6.61 Å². The molecule has 0 heterocycles. The fourth-order valence-corrected chi connectivity index (χ4v) is 1.82. The molecule has 0 bridgehead atoms. The molecule has 0 aromatic carbocycles. The number of hydrogen-bond donors (Lipinski definition) is 1. The van der Waals surface area contributed by atoms with Crippen LogP contribution < -0.4 is 5.32 Å². The number of hydrogen-bond acceptors (Lipinski definition) is 2. The van der Waals surface area contributed by atoms with Gasteiger partial charge in [-0.2, -0.15) is 13.2 Å². The summed E-state index contributed by atoms with van der Waals surface area (Å²) in [5, 5.41) is 3.42. The minimum Gasteiger partial charge on any atom is -0.372 e. The monoisotopic (exact) mass is 253 g/mol. The highest BCUT2D eigenvalue weighted by atomic mass is 19.4. The normalized spacial score (nSPS) is 18.4. The fourth-order valence-electron chi connectivity index (χ4n) is 1.82. The average molecular weight is 253 g/mol. The summed E-state index contributed by atoms with van der Waals surface area (Å²) in [6.45, 7) is 2.09. The van der Waals surface area contributed by atoms with Crippen molar-refractivity contribution in [3.8, 4) is 0 Å². The molecular weight excluding hydrogens is 231 g/mol. The van der Waals surface area contributed by atoms with Gasteiger partial charge in [-0.15, -0.1) is 0 Å². The Balaban J connectivity index is 2.05. The molecule has 1 atom stereocenters. The fraction of sp³-hybridized carbons (Fsp3) is 1.00. The average Bonchev–Trinajstić information content (AvgIpc) is 3.03. The van der Waals surface area contributed by atoms with Crippen LogP contribution in [0.4, 0.5) is 13.2 Å². The lowest BCUT2D eigenvalue weighted by atomic mass is 10.0. The zero-order valence-electron chi connectivity index (χ0n) is 10.4. The van der Waals surface area contributed by atoms with E-state index in [1.807, 2.05) is 0 Å². The molecule has 1 aliphatic rings. The van der Waals surface area contributed by atoms with Crippen molar-refractivity contribution in [2.45, 2.75) is 51.2 Å². The summed E-state index contributed by atoms with van der Waals surface area (Å²) >= 11 is 0. The number of alkyl halides is 3. The number of rotatable bonds is 9. The summed E-state index contributed by atoms with van der Waals surface area (Å²) in [6.07, 6.45) is 1.11. The third-order valence-corrected chi connectivity index (χ3v) is 2.91. The Morgan fingerprint density at radius 3 is 2.53 bits per heavy atom. The highest BCUT2D eigenvalue weighted by Gasteiger charge is 2.27. The topological polar surface area (TPSA) is 21.3 Å². The smallest absolute Gasteiger partial charge is 0.372 e. The van der Waals surface area contributed by atoms with Gasteiger partial charge in [0.2, 0.25) is 0 Å². The van der Waals surface area contributed by atoms with Gasteiger partial charge in [0.1, 0.15) is 6.61 Å². The first-order valence-corrected chi connectivity index (χ1v) is 6.39. The van der Waals surface area contributed by atoms with E-state index in [1.165, 1.54) is 12.8 Å². The first-order chi connectivity index (χ1) is 8.01. The number of nitrogens with one attached hydrogen (secondary N) is 1. The van der Waals surface area contributed by atoms with Crippen molar-refractivity contribution < 1.29 is 17.9 Å².